The van der Waals surface area contributed by atoms with E-state index in [4.69, 9.17) is 11.5 Å². The molecule has 43 heteroatoms. The van der Waals surface area contributed by atoms with E-state index in [0.717, 1.165) is 38.6 Å². The number of fused-ring (bicyclic) bond motifs is 3. The van der Waals surface area contributed by atoms with Crippen molar-refractivity contribution < 1.29 is 120 Å². The number of para-hydroxylation sites is 1. The van der Waals surface area contributed by atoms with Gasteiger partial charge in [0.25, 0.3) is 0 Å². The number of amides is 15. The molecule has 15 amide bonds. The Labute approximate surface area is 773 Å². The standard InChI is InChI=1S/C91H114F3N17O22S/c1-7-8-25-68-90(132)111-45-56(114)39-71(111)86(128)103-64(40-75(117)118)83(125)106-78(48(2)3)91(133)108(5)69(35-49-18-11-9-12-19-49)84(126)104-66(41-76(119)120)88(130)110-44-55(113)38-70(110)85(127)102-63(37-53-42-97-60-23-16-15-22-57(53)60)82(124)101-62(33-51-26-28-54(112)29-27-51)81(123)100-61(24-17-30-95)80(122)105-67(79(121)98-43-73(96)115)46-134-47-74(116)99-65(34-52-31-58(92)77(94)59(93)32-52)87(129)109(6)72(89(131)107(68)4)36-50-20-13-10-14-21-50/h9-16,18-23,26-29,31-32,42,48,55-56,61-72,78,97,112-114H,7-8,17,24-25,30,33-41,43-47,95H2,1-6H3,(H2,96,115)(H,98,121)(H,99,116)(H,100,123)(H,101,124)(H,102,127)(H,103,128)(H,104,126)(H,105,122)(H,106,125)(H,117,118)(H,119,120)/t55-,56-,61+,62+,63+,64+,65+,66+,67+,68+,69+,70+,71-,72+,78+/m1/s1. The lowest BCUT2D eigenvalue weighted by Crippen LogP contribution is -2.62. The second-order valence-corrected chi connectivity index (χ2v) is 34.8. The molecule has 1 aromatic heterocycles. The maximum atomic E-state index is 15.7. The molecule has 722 valence electrons. The number of aliphatic hydroxyl groups excluding tert-OH is 2. The van der Waals surface area contributed by atoms with Gasteiger partial charge in [-0.25, -0.2) is 13.2 Å². The first-order valence-corrected chi connectivity index (χ1v) is 44.8. The van der Waals surface area contributed by atoms with Crippen molar-refractivity contribution in [2.24, 2.45) is 17.4 Å². The van der Waals surface area contributed by atoms with Crippen molar-refractivity contribution in [3.8, 4) is 5.75 Å². The lowest BCUT2D eigenvalue weighted by atomic mass is 9.98. The molecule has 3 fully saturated rings. The summed E-state index contributed by atoms with van der Waals surface area (Å²) in [4.78, 5) is 257. The number of aromatic nitrogens is 1. The average molecular weight is 1890 g/mol. The maximum Gasteiger partial charge on any atom is 0.305 e. The van der Waals surface area contributed by atoms with Crippen LogP contribution in [0.3, 0.4) is 0 Å². The van der Waals surface area contributed by atoms with Crippen molar-refractivity contribution in [2.75, 3.05) is 58.8 Å². The van der Waals surface area contributed by atoms with Gasteiger partial charge in [0.15, 0.2) is 17.5 Å². The zero-order valence-corrected chi connectivity index (χ0v) is 75.4. The fourth-order valence-electron chi connectivity index (χ4n) is 16.2. The van der Waals surface area contributed by atoms with E-state index in [1.54, 1.807) is 91.9 Å². The molecule has 5 aromatic carbocycles. The number of aliphatic carboxylic acids is 2. The number of rotatable bonds is 24. The number of nitrogens with two attached hydrogens (primary N) is 2. The van der Waals surface area contributed by atoms with Gasteiger partial charge in [-0.1, -0.05) is 125 Å². The van der Waals surface area contributed by atoms with E-state index in [-0.39, 0.29) is 56.4 Å². The highest BCUT2D eigenvalue weighted by Crippen LogP contribution is 2.29. The van der Waals surface area contributed by atoms with Crippen LogP contribution in [-0.2, 0) is 114 Å². The molecular formula is C91H114F3N17O22S. The zero-order valence-electron chi connectivity index (χ0n) is 74.6. The van der Waals surface area contributed by atoms with Gasteiger partial charge >= 0.3 is 11.9 Å². The Morgan fingerprint density at radius 3 is 1.57 bits per heavy atom. The van der Waals surface area contributed by atoms with Crippen LogP contribution in [0.15, 0.2) is 128 Å². The number of carboxylic acid groups (broad SMARTS) is 2. The van der Waals surface area contributed by atoms with E-state index < -0.39 is 296 Å². The Morgan fingerprint density at radius 2 is 1.00 bits per heavy atom. The number of carboxylic acids is 2. The number of benzene rings is 5. The molecule has 0 bridgehead atoms. The highest BCUT2D eigenvalue weighted by Gasteiger charge is 2.49. The third kappa shape index (κ3) is 28.5. The highest BCUT2D eigenvalue weighted by atomic mass is 32.2. The number of likely N-dealkylation sites (N-methyl/N-ethyl adjacent to an activating group) is 3. The summed E-state index contributed by atoms with van der Waals surface area (Å²) in [6, 6.07) is 5.95. The predicted octanol–water partition coefficient (Wildman–Crippen LogP) is -1.03. The molecule has 134 heavy (non-hydrogen) atoms. The third-order valence-electron chi connectivity index (χ3n) is 23.4. The number of halogens is 3. The average Bonchev–Trinajstić information content (AvgIpc) is 1.56. The normalized spacial score (nSPS) is 24.6. The third-order valence-corrected chi connectivity index (χ3v) is 24.5. The van der Waals surface area contributed by atoms with Crippen molar-refractivity contribution in [2.45, 2.75) is 201 Å². The fraction of sp³-hybridized carbons (Fsp3) is 0.462. The predicted molar refractivity (Wildman–Crippen MR) is 478 cm³/mol. The minimum atomic E-state index is -2.12. The van der Waals surface area contributed by atoms with Crippen LogP contribution in [0.5, 0.6) is 5.75 Å². The van der Waals surface area contributed by atoms with Gasteiger partial charge in [-0.3, -0.25) is 81.5 Å². The van der Waals surface area contributed by atoms with E-state index >= 15 is 51.9 Å². The topological polar surface area (TPSA) is 584 Å². The Hall–Kier alpha value is -13.6. The molecule has 0 unspecified atom stereocenters. The minimum absolute atomic E-state index is 0.0120. The van der Waals surface area contributed by atoms with Gasteiger partial charge < -0.3 is 114 Å². The number of nitrogens with one attached hydrogen (secondary N) is 10. The Balaban J connectivity index is 1.14. The summed E-state index contributed by atoms with van der Waals surface area (Å²) in [5, 5.41) is 77.1. The molecule has 39 nitrogen and oxygen atoms in total. The number of aliphatic hydroxyl groups is 2. The molecule has 0 aliphatic carbocycles. The molecule has 3 aliphatic heterocycles. The zero-order chi connectivity index (χ0) is 98.1. The summed E-state index contributed by atoms with van der Waals surface area (Å²) in [6.45, 7) is 2.50. The number of nitrogens with zero attached hydrogens (tertiary/aromatic N) is 5. The molecule has 3 saturated heterocycles. The van der Waals surface area contributed by atoms with Gasteiger partial charge in [0.1, 0.15) is 84.3 Å². The number of hydrogen-bond donors (Lipinski definition) is 17. The molecule has 4 heterocycles. The summed E-state index contributed by atoms with van der Waals surface area (Å²) >= 11 is 0.621. The quantitative estimate of drug-likeness (QED) is 0.0322. The van der Waals surface area contributed by atoms with Gasteiger partial charge in [-0.15, -0.1) is 11.8 Å². The Bertz CT molecular complexity index is 5240. The van der Waals surface area contributed by atoms with Gasteiger partial charge in [0, 0.05) is 102 Å². The highest BCUT2D eigenvalue weighted by molar-refractivity contribution is 8.00. The molecule has 0 spiro atoms. The lowest BCUT2D eigenvalue weighted by molar-refractivity contribution is -0.152. The van der Waals surface area contributed by atoms with Gasteiger partial charge in [-0.2, -0.15) is 0 Å². The van der Waals surface area contributed by atoms with E-state index in [0.29, 0.717) is 57.9 Å². The summed E-state index contributed by atoms with van der Waals surface area (Å²) in [7, 11) is 3.50. The largest absolute Gasteiger partial charge is 0.508 e. The van der Waals surface area contributed by atoms with E-state index in [1.165, 1.54) is 51.4 Å². The number of carbonyl (C=O) groups excluding carboxylic acids is 15. The number of phenolic OH excluding ortho intramolecular Hbond substituents is 1. The monoisotopic (exact) mass is 1890 g/mol. The van der Waals surface area contributed by atoms with E-state index in [1.807, 2.05) is 0 Å². The van der Waals surface area contributed by atoms with Crippen molar-refractivity contribution in [3.63, 3.8) is 0 Å². The van der Waals surface area contributed by atoms with Gasteiger partial charge in [0.05, 0.1) is 37.3 Å². The molecule has 0 saturated carbocycles. The number of primary amides is 1. The number of aromatic hydroxyl groups is 1. The number of H-pyrrole nitrogens is 1. The van der Waals surface area contributed by atoms with Crippen LogP contribution in [0, 0.1) is 23.4 Å². The summed E-state index contributed by atoms with van der Waals surface area (Å²) in [5.41, 5.74) is 13.0. The van der Waals surface area contributed by atoms with Crippen molar-refractivity contribution in [3.05, 3.63) is 173 Å². The van der Waals surface area contributed by atoms with E-state index in [9.17, 15) is 68.3 Å². The summed E-state index contributed by atoms with van der Waals surface area (Å²) < 4.78 is 45.1. The first kappa shape index (κ1) is 104. The Morgan fingerprint density at radius 1 is 0.507 bits per heavy atom. The number of carbonyl (C=O) groups is 17. The number of unbranched alkanes of at least 4 members (excludes halogenated alkanes) is 1. The number of aromatic amines is 1. The lowest BCUT2D eigenvalue weighted by Gasteiger charge is -2.38. The van der Waals surface area contributed by atoms with Crippen molar-refractivity contribution in [1.29, 1.82) is 0 Å². The smallest absolute Gasteiger partial charge is 0.305 e. The first-order chi connectivity index (χ1) is 63.6. The molecule has 3 aliphatic rings. The van der Waals surface area contributed by atoms with Crippen LogP contribution in [0.25, 0.3) is 10.9 Å². The maximum absolute atomic E-state index is 15.7. The van der Waals surface area contributed by atoms with Gasteiger partial charge in [0.2, 0.25) is 88.6 Å². The molecule has 9 rings (SSSR count). The second kappa shape index (κ2) is 48.7. The fourth-order valence-corrected chi connectivity index (χ4v) is 17.1. The van der Waals surface area contributed by atoms with Gasteiger partial charge in [-0.05, 0) is 89.9 Å². The Kier molecular flexibility index (Phi) is 37.9. The number of hydrogen-bond acceptors (Lipinski definition) is 22. The summed E-state index contributed by atoms with van der Waals surface area (Å²) in [6.07, 6.45) is -7.20. The number of phenols is 1. The van der Waals surface area contributed by atoms with Crippen LogP contribution in [0.1, 0.15) is 106 Å². The molecule has 19 N–H and O–H groups in total. The molecule has 15 atom stereocenters. The molecular weight excluding hydrogens is 1770 g/mol. The van der Waals surface area contributed by atoms with Crippen LogP contribution in [0.4, 0.5) is 13.2 Å². The van der Waals surface area contributed by atoms with Crippen LogP contribution in [0.2, 0.25) is 0 Å². The summed E-state index contributed by atoms with van der Waals surface area (Å²) in [5.74, 6) is -27.8. The minimum Gasteiger partial charge on any atom is -0.508 e. The van der Waals surface area contributed by atoms with E-state index in [2.05, 4.69) is 52.8 Å². The van der Waals surface area contributed by atoms with Crippen molar-refractivity contribution in [1.82, 2.24) is 77.3 Å². The van der Waals surface area contributed by atoms with Crippen LogP contribution in [-0.4, -0.2) is 305 Å². The second-order valence-electron chi connectivity index (χ2n) is 33.8. The number of thioether (sulfide) groups is 1. The first-order valence-electron chi connectivity index (χ1n) is 43.7. The van der Waals surface area contributed by atoms with Crippen LogP contribution < -0.4 is 59.3 Å². The van der Waals surface area contributed by atoms with Crippen molar-refractivity contribution >= 4 is 123 Å². The molecule has 6 aromatic rings. The SMILES string of the molecule is CCCC[C@H]1C(=O)N2C[C@H](O)C[C@@H]2C(=O)N[C@@H](CC(=O)O)C(=O)N[C@@H](C(C)C)C(=O)N(C)[C@@H](Cc2ccccc2)C(=O)N[C@@H](CC(=O)O)C(=O)N2C[C@H](O)C[C@H]2C(=O)N[C@@H](Cc2c[nH]c3ccccc23)C(=O)N[C@@H](Cc2ccc(O)cc2)C(=O)N[C@@H](CCCN)C(=O)N[C@H](C(=O)NCC(N)=O)CSCC(=O)N[C@@H](Cc2cc(F)c(F)c(F)c2)C(=O)N(C)[C@@H](Cc2ccccc2)C(=O)N1C. The van der Waals surface area contributed by atoms with Crippen LogP contribution >= 0.6 is 11.8 Å². The molecule has 0 radical (unpaired) electrons.